The standard InChI is InChI=1S/C18H30N4O2/c1-3-19-18(20-4-2)21-15-16-6-5-7-17(14-16)24-13-10-22-8-11-23-12-9-22/h5-7,14H,3-4,8-13,15H2,1-2H3,(H2,19,20,21). The molecule has 0 saturated carbocycles. The maximum absolute atomic E-state index is 5.89. The first-order valence-corrected chi connectivity index (χ1v) is 8.85. The van der Waals surface area contributed by atoms with E-state index in [1.54, 1.807) is 0 Å². The number of nitrogens with one attached hydrogen (secondary N) is 2. The van der Waals surface area contributed by atoms with Crippen LogP contribution in [0.1, 0.15) is 19.4 Å². The molecule has 1 aliphatic heterocycles. The van der Waals surface area contributed by atoms with E-state index in [0.29, 0.717) is 13.2 Å². The Morgan fingerprint density at radius 2 is 1.96 bits per heavy atom. The number of rotatable bonds is 8. The number of aliphatic imine (C=N–C) groups is 1. The van der Waals surface area contributed by atoms with E-state index in [0.717, 1.165) is 63.2 Å². The Bertz CT molecular complexity index is 494. The van der Waals surface area contributed by atoms with E-state index in [4.69, 9.17) is 9.47 Å². The molecule has 1 heterocycles. The van der Waals surface area contributed by atoms with Crippen LogP contribution in [0.3, 0.4) is 0 Å². The van der Waals surface area contributed by atoms with Gasteiger partial charge in [0.1, 0.15) is 12.4 Å². The van der Waals surface area contributed by atoms with Crippen molar-refractivity contribution in [3.63, 3.8) is 0 Å². The topological polar surface area (TPSA) is 58.1 Å². The first-order valence-electron chi connectivity index (χ1n) is 8.85. The molecule has 0 bridgehead atoms. The molecule has 1 aromatic carbocycles. The van der Waals surface area contributed by atoms with Gasteiger partial charge in [0.05, 0.1) is 19.8 Å². The molecule has 0 aliphatic carbocycles. The van der Waals surface area contributed by atoms with Crippen LogP contribution in [-0.2, 0) is 11.3 Å². The summed E-state index contributed by atoms with van der Waals surface area (Å²) < 4.78 is 11.2. The Hall–Kier alpha value is -1.79. The molecule has 1 aliphatic rings. The van der Waals surface area contributed by atoms with Crippen LogP contribution in [-0.4, -0.2) is 63.4 Å². The molecule has 0 spiro atoms. The monoisotopic (exact) mass is 334 g/mol. The van der Waals surface area contributed by atoms with Crippen LogP contribution in [0.5, 0.6) is 5.75 Å². The van der Waals surface area contributed by atoms with Gasteiger partial charge in [0.15, 0.2) is 5.96 Å². The predicted molar refractivity (Wildman–Crippen MR) is 97.7 cm³/mol. The van der Waals surface area contributed by atoms with Crippen molar-refractivity contribution in [2.24, 2.45) is 4.99 Å². The number of ether oxygens (including phenoxy) is 2. The highest BCUT2D eigenvalue weighted by Gasteiger charge is 2.09. The zero-order valence-electron chi connectivity index (χ0n) is 14.9. The third-order valence-electron chi connectivity index (χ3n) is 3.79. The molecule has 2 N–H and O–H groups in total. The smallest absolute Gasteiger partial charge is 0.191 e. The van der Waals surface area contributed by atoms with Crippen molar-refractivity contribution in [2.75, 3.05) is 52.5 Å². The Labute approximate surface area is 145 Å². The lowest BCUT2D eigenvalue weighted by Crippen LogP contribution is -2.38. The van der Waals surface area contributed by atoms with E-state index in [1.807, 2.05) is 12.1 Å². The van der Waals surface area contributed by atoms with Gasteiger partial charge in [-0.15, -0.1) is 0 Å². The first-order chi connectivity index (χ1) is 11.8. The van der Waals surface area contributed by atoms with Gasteiger partial charge in [-0.3, -0.25) is 4.90 Å². The van der Waals surface area contributed by atoms with Crippen LogP contribution in [0.25, 0.3) is 0 Å². The van der Waals surface area contributed by atoms with Crippen molar-refractivity contribution in [3.05, 3.63) is 29.8 Å². The summed E-state index contributed by atoms with van der Waals surface area (Å²) in [6.07, 6.45) is 0. The average Bonchev–Trinajstić information content (AvgIpc) is 2.61. The van der Waals surface area contributed by atoms with E-state index in [1.165, 1.54) is 0 Å². The summed E-state index contributed by atoms with van der Waals surface area (Å²) in [5, 5.41) is 6.46. The zero-order valence-corrected chi connectivity index (χ0v) is 14.9. The molecule has 2 rings (SSSR count). The van der Waals surface area contributed by atoms with Crippen LogP contribution >= 0.6 is 0 Å². The first kappa shape index (κ1) is 18.5. The molecule has 24 heavy (non-hydrogen) atoms. The highest BCUT2D eigenvalue weighted by atomic mass is 16.5. The molecule has 6 nitrogen and oxygen atoms in total. The maximum atomic E-state index is 5.89. The van der Waals surface area contributed by atoms with Crippen LogP contribution in [0, 0.1) is 0 Å². The highest BCUT2D eigenvalue weighted by Crippen LogP contribution is 2.14. The fourth-order valence-corrected chi connectivity index (χ4v) is 2.53. The molecule has 0 unspecified atom stereocenters. The fraction of sp³-hybridized carbons (Fsp3) is 0.611. The Balaban J connectivity index is 1.80. The molecule has 1 fully saturated rings. The summed E-state index contributed by atoms with van der Waals surface area (Å²) >= 11 is 0. The fourth-order valence-electron chi connectivity index (χ4n) is 2.53. The molecule has 134 valence electrons. The van der Waals surface area contributed by atoms with Crippen LogP contribution in [0.2, 0.25) is 0 Å². The lowest BCUT2D eigenvalue weighted by Gasteiger charge is -2.26. The van der Waals surface area contributed by atoms with Crippen molar-refractivity contribution >= 4 is 5.96 Å². The maximum Gasteiger partial charge on any atom is 0.191 e. The Kier molecular flexibility index (Phi) is 8.41. The van der Waals surface area contributed by atoms with Crippen LogP contribution in [0.4, 0.5) is 0 Å². The third kappa shape index (κ3) is 6.76. The second-order valence-electron chi connectivity index (χ2n) is 5.68. The normalized spacial score (nSPS) is 14.9. The van der Waals surface area contributed by atoms with Gasteiger partial charge < -0.3 is 20.1 Å². The zero-order chi connectivity index (χ0) is 17.0. The number of hydrogen-bond donors (Lipinski definition) is 2. The molecular formula is C18H30N4O2. The van der Waals surface area contributed by atoms with Crippen LogP contribution < -0.4 is 15.4 Å². The van der Waals surface area contributed by atoms with Crippen molar-refractivity contribution in [1.82, 2.24) is 15.5 Å². The summed E-state index contributed by atoms with van der Waals surface area (Å²) in [5.74, 6) is 1.75. The molecule has 1 aromatic rings. The number of benzene rings is 1. The number of hydrogen-bond acceptors (Lipinski definition) is 4. The van der Waals surface area contributed by atoms with E-state index >= 15 is 0 Å². The highest BCUT2D eigenvalue weighted by molar-refractivity contribution is 5.79. The minimum absolute atomic E-state index is 0.635. The quantitative estimate of drug-likeness (QED) is 0.557. The van der Waals surface area contributed by atoms with E-state index in [-0.39, 0.29) is 0 Å². The number of nitrogens with zero attached hydrogens (tertiary/aromatic N) is 2. The van der Waals surface area contributed by atoms with Gasteiger partial charge in [0.2, 0.25) is 0 Å². The van der Waals surface area contributed by atoms with Crippen molar-refractivity contribution < 1.29 is 9.47 Å². The van der Waals surface area contributed by atoms with Gasteiger partial charge in [-0.1, -0.05) is 12.1 Å². The molecular weight excluding hydrogens is 304 g/mol. The van der Waals surface area contributed by atoms with Crippen molar-refractivity contribution in [3.8, 4) is 5.75 Å². The average molecular weight is 334 g/mol. The van der Waals surface area contributed by atoms with E-state index in [2.05, 4.69) is 46.5 Å². The molecule has 0 aromatic heterocycles. The number of guanidine groups is 1. The molecule has 0 amide bonds. The van der Waals surface area contributed by atoms with Gasteiger partial charge >= 0.3 is 0 Å². The second-order valence-corrected chi connectivity index (χ2v) is 5.68. The number of morpholine rings is 1. The van der Waals surface area contributed by atoms with Gasteiger partial charge in [-0.2, -0.15) is 0 Å². The lowest BCUT2D eigenvalue weighted by molar-refractivity contribution is 0.0322. The van der Waals surface area contributed by atoms with Crippen LogP contribution in [0.15, 0.2) is 29.3 Å². The van der Waals surface area contributed by atoms with Crippen molar-refractivity contribution in [1.29, 1.82) is 0 Å². The summed E-state index contributed by atoms with van der Waals surface area (Å²) in [4.78, 5) is 6.96. The molecule has 0 atom stereocenters. The Morgan fingerprint density at radius 3 is 2.67 bits per heavy atom. The van der Waals surface area contributed by atoms with E-state index in [9.17, 15) is 0 Å². The second kappa shape index (κ2) is 10.9. The SMILES string of the molecule is CCNC(=NCc1cccc(OCCN2CCOCC2)c1)NCC. The van der Waals surface area contributed by atoms with Crippen molar-refractivity contribution in [2.45, 2.75) is 20.4 Å². The largest absolute Gasteiger partial charge is 0.492 e. The van der Waals surface area contributed by atoms with Gasteiger partial charge in [0, 0.05) is 32.7 Å². The van der Waals surface area contributed by atoms with Gasteiger partial charge in [0.25, 0.3) is 0 Å². The molecule has 0 radical (unpaired) electrons. The molecule has 6 heteroatoms. The minimum Gasteiger partial charge on any atom is -0.492 e. The van der Waals surface area contributed by atoms with E-state index < -0.39 is 0 Å². The summed E-state index contributed by atoms with van der Waals surface area (Å²) in [5.41, 5.74) is 1.15. The molecule has 1 saturated heterocycles. The summed E-state index contributed by atoms with van der Waals surface area (Å²) in [7, 11) is 0. The Morgan fingerprint density at radius 1 is 1.21 bits per heavy atom. The summed E-state index contributed by atoms with van der Waals surface area (Å²) in [6.45, 7) is 11.8. The predicted octanol–water partition coefficient (Wildman–Crippen LogP) is 1.47. The minimum atomic E-state index is 0.635. The third-order valence-corrected chi connectivity index (χ3v) is 3.79. The summed E-state index contributed by atoms with van der Waals surface area (Å²) in [6, 6.07) is 8.17. The van der Waals surface area contributed by atoms with Gasteiger partial charge in [-0.25, -0.2) is 4.99 Å². The lowest BCUT2D eigenvalue weighted by atomic mass is 10.2. The van der Waals surface area contributed by atoms with Gasteiger partial charge in [-0.05, 0) is 31.5 Å².